The molecule has 0 spiro atoms. The third kappa shape index (κ3) is 3.82. The van der Waals surface area contributed by atoms with Crippen molar-refractivity contribution in [3.05, 3.63) is 111 Å². The molecule has 0 radical (unpaired) electrons. The van der Waals surface area contributed by atoms with Crippen LogP contribution in [-0.2, 0) is 21.2 Å². The zero-order valence-electron chi connectivity index (χ0n) is 16.1. The minimum absolute atomic E-state index is 0.0432. The Morgan fingerprint density at radius 3 is 2.19 bits per heavy atom. The third-order valence-electron chi connectivity index (χ3n) is 5.08. The normalized spacial score (nSPS) is 16.8. The van der Waals surface area contributed by atoms with E-state index in [0.717, 1.165) is 0 Å². The summed E-state index contributed by atoms with van der Waals surface area (Å²) in [7, 11) is -4.22. The monoisotopic (exact) mass is 457 g/mol. The van der Waals surface area contributed by atoms with E-state index in [-0.39, 0.29) is 11.4 Å². The van der Waals surface area contributed by atoms with Crippen LogP contribution >= 0.6 is 11.6 Å². The van der Waals surface area contributed by atoms with Crippen LogP contribution in [-0.4, -0.2) is 24.3 Å². The maximum atomic E-state index is 13.5. The summed E-state index contributed by atoms with van der Waals surface area (Å²) in [4.78, 5) is 13.7. The van der Waals surface area contributed by atoms with Gasteiger partial charge in [-0.3, -0.25) is 4.79 Å². The van der Waals surface area contributed by atoms with E-state index in [1.165, 1.54) is 41.3 Å². The molecule has 0 aromatic heterocycles. The number of hydrogen-bond acceptors (Lipinski definition) is 4. The van der Waals surface area contributed by atoms with Gasteiger partial charge in [0.25, 0.3) is 5.91 Å². The third-order valence-corrected chi connectivity index (χ3v) is 7.34. The lowest BCUT2D eigenvalue weighted by Gasteiger charge is -2.27. The number of nitrogens with zero attached hydrogens (tertiary/aromatic N) is 1. The van der Waals surface area contributed by atoms with Crippen LogP contribution in [0.3, 0.4) is 0 Å². The van der Waals surface area contributed by atoms with Crippen LogP contribution in [0.4, 0.5) is 4.39 Å². The molecule has 0 fully saturated rings. The van der Waals surface area contributed by atoms with Gasteiger partial charge in [-0.1, -0.05) is 60.1 Å². The smallest absolute Gasteiger partial charge is 0.290 e. The Balaban J connectivity index is 1.87. The first kappa shape index (κ1) is 21.1. The Labute approximate surface area is 183 Å². The van der Waals surface area contributed by atoms with Gasteiger partial charge in [0.2, 0.25) is 9.84 Å². The topological polar surface area (TPSA) is 74.7 Å². The first-order valence-electron chi connectivity index (χ1n) is 9.34. The van der Waals surface area contributed by atoms with Gasteiger partial charge in [-0.15, -0.1) is 0 Å². The maximum Gasteiger partial charge on any atom is 0.290 e. The minimum atomic E-state index is -4.22. The summed E-state index contributed by atoms with van der Waals surface area (Å²) in [6.45, 7) is -0.0432. The highest BCUT2D eigenvalue weighted by Crippen LogP contribution is 2.43. The summed E-state index contributed by atoms with van der Waals surface area (Å²) in [6, 6.07) is 18.4. The van der Waals surface area contributed by atoms with Crippen molar-refractivity contribution in [2.45, 2.75) is 17.5 Å². The fraction of sp³-hybridized carbons (Fsp3) is 0.0870. The zero-order chi connectivity index (χ0) is 22.2. The summed E-state index contributed by atoms with van der Waals surface area (Å²) in [5, 5.41) is 11.1. The van der Waals surface area contributed by atoms with E-state index in [9.17, 15) is 22.7 Å². The lowest BCUT2D eigenvalue weighted by Crippen LogP contribution is -2.30. The predicted molar refractivity (Wildman–Crippen MR) is 114 cm³/mol. The molecular formula is C23H17ClFNO4S. The van der Waals surface area contributed by atoms with Gasteiger partial charge in [0.05, 0.1) is 10.9 Å². The molecule has 0 aliphatic carbocycles. The van der Waals surface area contributed by atoms with E-state index >= 15 is 0 Å². The average Bonchev–Trinajstić information content (AvgIpc) is 3.02. The fourth-order valence-electron chi connectivity index (χ4n) is 3.58. The first-order valence-corrected chi connectivity index (χ1v) is 11.2. The van der Waals surface area contributed by atoms with Crippen LogP contribution in [0.15, 0.2) is 94.4 Å². The summed E-state index contributed by atoms with van der Waals surface area (Å²) in [5.74, 6) is -2.21. The summed E-state index contributed by atoms with van der Waals surface area (Å²) in [6.07, 6.45) is 0. The highest BCUT2D eigenvalue weighted by atomic mass is 35.5. The number of halogens is 2. The summed E-state index contributed by atoms with van der Waals surface area (Å²) in [5.41, 5.74) is 0.927. The van der Waals surface area contributed by atoms with Gasteiger partial charge in [0, 0.05) is 11.6 Å². The number of aliphatic hydroxyl groups excluding tert-OH is 1. The second-order valence-corrected chi connectivity index (χ2v) is 9.33. The van der Waals surface area contributed by atoms with Crippen molar-refractivity contribution in [3.63, 3.8) is 0 Å². The number of amides is 1. The molecule has 1 heterocycles. The molecule has 0 saturated heterocycles. The van der Waals surface area contributed by atoms with Crippen LogP contribution in [0.5, 0.6) is 0 Å². The standard InChI is InChI=1S/C23H17ClFNO4S/c24-19-9-5-4-6-16(19)14-26-20(15-10-12-17(25)13-11-15)22(21(27)23(26)28)31(29,30)18-7-2-1-3-8-18/h1-13,20,27H,14H2. The van der Waals surface area contributed by atoms with E-state index in [1.807, 2.05) is 0 Å². The number of rotatable bonds is 5. The van der Waals surface area contributed by atoms with Gasteiger partial charge < -0.3 is 10.0 Å². The largest absolute Gasteiger partial charge is 0.502 e. The molecule has 0 saturated carbocycles. The Morgan fingerprint density at radius 1 is 0.935 bits per heavy atom. The Kier molecular flexibility index (Phi) is 5.56. The average molecular weight is 458 g/mol. The highest BCUT2D eigenvalue weighted by molar-refractivity contribution is 7.95. The van der Waals surface area contributed by atoms with Gasteiger partial charge in [-0.25, -0.2) is 12.8 Å². The summed E-state index contributed by atoms with van der Waals surface area (Å²) >= 11 is 6.24. The molecule has 1 unspecified atom stereocenters. The molecule has 1 N–H and O–H groups in total. The van der Waals surface area contributed by atoms with Gasteiger partial charge in [0.15, 0.2) is 5.76 Å². The number of aliphatic hydroxyl groups is 1. The van der Waals surface area contributed by atoms with Crippen molar-refractivity contribution in [1.82, 2.24) is 4.90 Å². The van der Waals surface area contributed by atoms with Crippen LogP contribution in [0.2, 0.25) is 5.02 Å². The quantitative estimate of drug-likeness (QED) is 0.596. The number of carbonyl (C=O) groups is 1. The summed E-state index contributed by atoms with van der Waals surface area (Å²) < 4.78 is 40.4. The van der Waals surface area contributed by atoms with Crippen molar-refractivity contribution in [2.24, 2.45) is 0 Å². The van der Waals surface area contributed by atoms with Crippen molar-refractivity contribution in [1.29, 1.82) is 0 Å². The van der Waals surface area contributed by atoms with Crippen LogP contribution in [0.25, 0.3) is 0 Å². The molecule has 1 aliphatic heterocycles. The minimum Gasteiger partial charge on any atom is -0.502 e. The van der Waals surface area contributed by atoms with Gasteiger partial charge in [-0.05, 0) is 41.5 Å². The van der Waals surface area contributed by atoms with E-state index in [0.29, 0.717) is 16.1 Å². The fourth-order valence-corrected chi connectivity index (χ4v) is 5.44. The lowest BCUT2D eigenvalue weighted by atomic mass is 10.1. The maximum absolute atomic E-state index is 13.5. The second-order valence-electron chi connectivity index (χ2n) is 7.01. The zero-order valence-corrected chi connectivity index (χ0v) is 17.6. The Morgan fingerprint density at radius 2 is 1.55 bits per heavy atom. The molecular weight excluding hydrogens is 441 g/mol. The van der Waals surface area contributed by atoms with Gasteiger partial charge in [0.1, 0.15) is 10.7 Å². The molecule has 8 heteroatoms. The molecule has 1 atom stereocenters. The lowest BCUT2D eigenvalue weighted by molar-refractivity contribution is -0.130. The van der Waals surface area contributed by atoms with E-state index in [1.54, 1.807) is 42.5 Å². The van der Waals surface area contributed by atoms with Crippen LogP contribution in [0, 0.1) is 5.82 Å². The van der Waals surface area contributed by atoms with Gasteiger partial charge in [-0.2, -0.15) is 0 Å². The molecule has 4 rings (SSSR count). The molecule has 158 valence electrons. The number of sulfone groups is 1. The molecule has 0 bridgehead atoms. The Hall–Kier alpha value is -3.16. The SMILES string of the molecule is O=C1C(O)=C(S(=O)(=O)c2ccccc2)C(c2ccc(F)cc2)N1Cc1ccccc1Cl. The predicted octanol–water partition coefficient (Wildman–Crippen LogP) is 4.81. The first-order chi connectivity index (χ1) is 14.8. The number of carbonyl (C=O) groups excluding carboxylic acids is 1. The molecule has 31 heavy (non-hydrogen) atoms. The van der Waals surface area contributed by atoms with E-state index < -0.39 is 38.3 Å². The molecule has 3 aromatic carbocycles. The van der Waals surface area contributed by atoms with E-state index in [4.69, 9.17) is 11.6 Å². The highest BCUT2D eigenvalue weighted by Gasteiger charge is 2.46. The number of benzene rings is 3. The molecule has 1 amide bonds. The van der Waals surface area contributed by atoms with Gasteiger partial charge >= 0.3 is 0 Å². The van der Waals surface area contributed by atoms with Crippen LogP contribution in [0.1, 0.15) is 17.2 Å². The second kappa shape index (κ2) is 8.17. The molecule has 5 nitrogen and oxygen atoms in total. The van der Waals surface area contributed by atoms with E-state index in [2.05, 4.69) is 0 Å². The van der Waals surface area contributed by atoms with Crippen molar-refractivity contribution in [2.75, 3.05) is 0 Å². The number of hydrogen-bond donors (Lipinski definition) is 1. The van der Waals surface area contributed by atoms with Crippen molar-refractivity contribution in [3.8, 4) is 0 Å². The van der Waals surface area contributed by atoms with Crippen LogP contribution < -0.4 is 0 Å². The molecule has 3 aromatic rings. The van der Waals surface area contributed by atoms with Crippen molar-refractivity contribution >= 4 is 27.3 Å². The van der Waals surface area contributed by atoms with Crippen molar-refractivity contribution < 1.29 is 22.7 Å². The molecule has 1 aliphatic rings. The Bertz CT molecular complexity index is 1270.